The Morgan fingerprint density at radius 2 is 2.06 bits per heavy atom. The predicted octanol–water partition coefficient (Wildman–Crippen LogP) is 4.99. The number of ether oxygens (including phenoxy) is 1. The Bertz CT molecular complexity index is 1560. The number of hydrogen-bond acceptors (Lipinski definition) is 6. The molecule has 1 aliphatic rings. The number of anilines is 1. The minimum atomic E-state index is -0.324. The smallest absolute Gasteiger partial charge is 0.331 e. The number of fused-ring (bicyclic) bond motifs is 2. The molecule has 0 fully saturated rings. The second kappa shape index (κ2) is 8.86. The quantitative estimate of drug-likeness (QED) is 0.330. The number of hydrogen-bond donors (Lipinski definition) is 3. The summed E-state index contributed by atoms with van der Waals surface area (Å²) in [6, 6.07) is 16.3. The molecule has 9 nitrogen and oxygen atoms in total. The maximum Gasteiger partial charge on any atom is 0.331 e. The van der Waals surface area contributed by atoms with Crippen LogP contribution in [-0.4, -0.2) is 37.3 Å². The van der Waals surface area contributed by atoms with Crippen LogP contribution in [-0.2, 0) is 13.0 Å². The third kappa shape index (κ3) is 4.23. The highest BCUT2D eigenvalue weighted by atomic mass is 35.5. The number of H-pyrrole nitrogens is 1. The number of rotatable bonds is 4. The van der Waals surface area contributed by atoms with Gasteiger partial charge in [0.1, 0.15) is 12.1 Å². The largest absolute Gasteiger partial charge is 0.439 e. The molecule has 0 unspecified atom stereocenters. The second-order valence-corrected chi connectivity index (χ2v) is 8.58. The third-order valence-corrected chi connectivity index (χ3v) is 6.12. The first-order valence-electron chi connectivity index (χ1n) is 11.1. The summed E-state index contributed by atoms with van der Waals surface area (Å²) < 4.78 is 7.62. The monoisotopic (exact) mass is 485 g/mol. The minimum Gasteiger partial charge on any atom is -0.439 e. The van der Waals surface area contributed by atoms with Crippen molar-refractivity contribution in [2.24, 2.45) is 0 Å². The van der Waals surface area contributed by atoms with E-state index in [-0.39, 0.29) is 6.03 Å². The van der Waals surface area contributed by atoms with Crippen molar-refractivity contribution in [1.29, 1.82) is 0 Å². The van der Waals surface area contributed by atoms with Gasteiger partial charge in [-0.1, -0.05) is 23.7 Å². The van der Waals surface area contributed by atoms with Gasteiger partial charge in [0.05, 0.1) is 16.9 Å². The maximum absolute atomic E-state index is 12.9. The van der Waals surface area contributed by atoms with Crippen LogP contribution in [0.3, 0.4) is 0 Å². The van der Waals surface area contributed by atoms with Crippen LogP contribution in [0.2, 0.25) is 5.02 Å². The van der Waals surface area contributed by atoms with Crippen molar-refractivity contribution in [2.75, 3.05) is 11.9 Å². The van der Waals surface area contributed by atoms with Crippen molar-refractivity contribution >= 4 is 34.4 Å². The number of nitrogens with zero attached hydrogens (tertiary/aromatic N) is 4. The number of benzene rings is 2. The molecule has 0 aliphatic carbocycles. The molecule has 4 heterocycles. The van der Waals surface area contributed by atoms with Crippen molar-refractivity contribution in [2.45, 2.75) is 13.0 Å². The number of aromatic amines is 1. The first-order chi connectivity index (χ1) is 17.1. The molecular weight excluding hydrogens is 466 g/mol. The molecular formula is C25H20ClN7O2. The maximum atomic E-state index is 12.9. The van der Waals surface area contributed by atoms with Gasteiger partial charge in [-0.25, -0.2) is 14.8 Å². The van der Waals surface area contributed by atoms with Crippen molar-refractivity contribution in [3.63, 3.8) is 0 Å². The topological polar surface area (TPSA) is 110 Å². The van der Waals surface area contributed by atoms with Gasteiger partial charge in [-0.3, -0.25) is 15.0 Å². The van der Waals surface area contributed by atoms with E-state index >= 15 is 0 Å². The molecule has 6 rings (SSSR count). The van der Waals surface area contributed by atoms with E-state index in [4.69, 9.17) is 16.3 Å². The highest BCUT2D eigenvalue weighted by molar-refractivity contribution is 6.30. The van der Waals surface area contributed by atoms with E-state index in [1.54, 1.807) is 18.3 Å². The van der Waals surface area contributed by atoms with Crippen LogP contribution < -0.4 is 15.4 Å². The fourth-order valence-corrected chi connectivity index (χ4v) is 4.36. The molecule has 0 radical (unpaired) electrons. The van der Waals surface area contributed by atoms with E-state index in [1.165, 1.54) is 10.9 Å². The standard InChI is InChI=1S/C25H20ClN7O2/c26-17-3-1-2-15(10-17)20-12-23(32-31-20)30-25(34)33-9-7-16-11-18(4-5-22(16)33)35-24-19-6-8-27-13-21(19)28-14-29-24/h1-5,7,9-12,14,27H,6,8,13H2,(H2,30,31,32,34). The van der Waals surface area contributed by atoms with Crippen LogP contribution in [0, 0.1) is 0 Å². The lowest BCUT2D eigenvalue weighted by Crippen LogP contribution is -2.25. The van der Waals surface area contributed by atoms with E-state index in [1.807, 2.05) is 42.5 Å². The Kier molecular flexibility index (Phi) is 5.40. The number of halogens is 1. The Hall–Kier alpha value is -4.21. The molecule has 0 saturated heterocycles. The molecule has 0 atom stereocenters. The molecule has 0 spiro atoms. The summed E-state index contributed by atoms with van der Waals surface area (Å²) in [5, 5.41) is 14.7. The fraction of sp³-hybridized carbons (Fsp3) is 0.120. The summed E-state index contributed by atoms with van der Waals surface area (Å²) in [6.45, 7) is 1.58. The van der Waals surface area contributed by atoms with Gasteiger partial charge in [0.2, 0.25) is 5.88 Å². The number of nitrogens with one attached hydrogen (secondary N) is 3. The molecule has 2 aromatic carbocycles. The zero-order valence-corrected chi connectivity index (χ0v) is 19.2. The number of amides is 1. The van der Waals surface area contributed by atoms with Crippen LogP contribution >= 0.6 is 11.6 Å². The molecule has 0 bridgehead atoms. The van der Waals surface area contributed by atoms with E-state index < -0.39 is 0 Å². The lowest BCUT2D eigenvalue weighted by Gasteiger charge is -2.18. The Morgan fingerprint density at radius 3 is 2.97 bits per heavy atom. The summed E-state index contributed by atoms with van der Waals surface area (Å²) in [5.74, 6) is 1.63. The van der Waals surface area contributed by atoms with E-state index in [0.717, 1.165) is 46.4 Å². The fourth-order valence-electron chi connectivity index (χ4n) is 4.17. The van der Waals surface area contributed by atoms with Crippen LogP contribution in [0.25, 0.3) is 22.2 Å². The van der Waals surface area contributed by atoms with Gasteiger partial charge in [0.25, 0.3) is 0 Å². The van der Waals surface area contributed by atoms with Crippen LogP contribution in [0.1, 0.15) is 11.3 Å². The zero-order chi connectivity index (χ0) is 23.8. The van der Waals surface area contributed by atoms with Crippen LogP contribution in [0.5, 0.6) is 11.6 Å². The minimum absolute atomic E-state index is 0.324. The number of carbonyl (C=O) groups is 1. The van der Waals surface area contributed by atoms with E-state index in [2.05, 4.69) is 30.8 Å². The first kappa shape index (κ1) is 21.3. The lowest BCUT2D eigenvalue weighted by molar-refractivity contribution is 0.254. The Labute approximate surface area is 205 Å². The van der Waals surface area contributed by atoms with Crippen molar-refractivity contribution in [3.8, 4) is 22.9 Å². The van der Waals surface area contributed by atoms with Gasteiger partial charge in [0, 0.05) is 40.3 Å². The summed E-state index contributed by atoms with van der Waals surface area (Å²) in [5.41, 5.74) is 4.37. The van der Waals surface area contributed by atoms with Crippen molar-refractivity contribution in [1.82, 2.24) is 30.0 Å². The second-order valence-electron chi connectivity index (χ2n) is 8.15. The average molecular weight is 486 g/mol. The highest BCUT2D eigenvalue weighted by Crippen LogP contribution is 2.29. The molecule has 5 aromatic rings. The molecule has 3 aromatic heterocycles. The van der Waals surface area contributed by atoms with Gasteiger partial charge in [0.15, 0.2) is 5.82 Å². The Morgan fingerprint density at radius 1 is 1.11 bits per heavy atom. The van der Waals surface area contributed by atoms with Crippen LogP contribution in [0.4, 0.5) is 10.6 Å². The number of carbonyl (C=O) groups excluding carboxylic acids is 1. The van der Waals surface area contributed by atoms with Gasteiger partial charge in [-0.05, 0) is 49.4 Å². The summed E-state index contributed by atoms with van der Waals surface area (Å²) in [6.07, 6.45) is 4.05. The average Bonchev–Trinajstić information content (AvgIpc) is 3.51. The van der Waals surface area contributed by atoms with Gasteiger partial charge in [-0.15, -0.1) is 0 Å². The normalized spacial score (nSPS) is 12.9. The molecule has 3 N–H and O–H groups in total. The zero-order valence-electron chi connectivity index (χ0n) is 18.5. The van der Waals surface area contributed by atoms with E-state index in [9.17, 15) is 4.79 Å². The molecule has 174 valence electrons. The summed E-state index contributed by atoms with van der Waals surface area (Å²) in [7, 11) is 0. The van der Waals surface area contributed by atoms with Crippen LogP contribution in [0.15, 0.2) is 67.1 Å². The van der Waals surface area contributed by atoms with Gasteiger partial charge < -0.3 is 10.1 Å². The highest BCUT2D eigenvalue weighted by Gasteiger charge is 2.17. The van der Waals surface area contributed by atoms with Crippen molar-refractivity contribution < 1.29 is 9.53 Å². The van der Waals surface area contributed by atoms with Gasteiger partial charge in [-0.2, -0.15) is 5.10 Å². The summed E-state index contributed by atoms with van der Waals surface area (Å²) in [4.78, 5) is 21.6. The molecule has 35 heavy (non-hydrogen) atoms. The molecule has 1 aliphatic heterocycles. The Balaban J connectivity index is 1.21. The van der Waals surface area contributed by atoms with E-state index in [0.29, 0.717) is 29.0 Å². The number of aromatic nitrogens is 5. The lowest BCUT2D eigenvalue weighted by atomic mass is 10.1. The third-order valence-electron chi connectivity index (χ3n) is 5.88. The first-order valence-corrected chi connectivity index (χ1v) is 11.5. The predicted molar refractivity (Wildman–Crippen MR) is 133 cm³/mol. The molecule has 0 saturated carbocycles. The van der Waals surface area contributed by atoms with Gasteiger partial charge >= 0.3 is 6.03 Å². The van der Waals surface area contributed by atoms with Crippen molar-refractivity contribution in [3.05, 3.63) is 83.4 Å². The summed E-state index contributed by atoms with van der Waals surface area (Å²) >= 11 is 6.07. The molecule has 1 amide bonds. The SMILES string of the molecule is O=C(Nc1cc(-c2cccc(Cl)c2)[nH]n1)n1ccc2cc(Oc3ncnc4c3CCNC4)ccc21. The molecule has 10 heteroatoms.